The molecule has 6 heteroatoms. The first-order valence-electron chi connectivity index (χ1n) is 6.15. The van der Waals surface area contributed by atoms with E-state index < -0.39 is 11.6 Å². The van der Waals surface area contributed by atoms with Crippen LogP contribution < -0.4 is 0 Å². The lowest BCUT2D eigenvalue weighted by atomic mass is 10.3. The highest BCUT2D eigenvalue weighted by atomic mass is 35.5. The minimum Gasteiger partial charge on any atom is -0.380 e. The Labute approximate surface area is 115 Å². The van der Waals surface area contributed by atoms with Crippen molar-refractivity contribution in [3.63, 3.8) is 0 Å². The highest BCUT2D eigenvalue weighted by Crippen LogP contribution is 2.22. The molecular formula is C13H15ClF2N2O. The van der Waals surface area contributed by atoms with Crippen LogP contribution in [-0.4, -0.2) is 28.6 Å². The number of nitrogens with zero attached hydrogens (tertiary/aromatic N) is 2. The predicted molar refractivity (Wildman–Crippen MR) is 70.6 cm³/mol. The fourth-order valence-electron chi connectivity index (χ4n) is 2.02. The first kappa shape index (κ1) is 14.2. The van der Waals surface area contributed by atoms with Crippen molar-refractivity contribution < 1.29 is 13.5 Å². The molecule has 0 bridgehead atoms. The Balaban J connectivity index is 2.47. The summed E-state index contributed by atoms with van der Waals surface area (Å²) in [6, 6.07) is 2.56. The quantitative estimate of drug-likeness (QED) is 0.603. The van der Waals surface area contributed by atoms with Gasteiger partial charge in [0.2, 0.25) is 0 Å². The second kappa shape index (κ2) is 6.30. The molecule has 0 N–H and O–H groups in total. The zero-order chi connectivity index (χ0) is 13.8. The molecule has 0 atom stereocenters. The number of aromatic nitrogens is 2. The fraction of sp³-hybridized carbons (Fsp3) is 0.462. The van der Waals surface area contributed by atoms with Gasteiger partial charge in [-0.05, 0) is 19.1 Å². The number of ether oxygens (including phenoxy) is 1. The molecule has 104 valence electrons. The average Bonchev–Trinajstić information content (AvgIpc) is 2.74. The Hall–Kier alpha value is -1.20. The molecule has 0 amide bonds. The predicted octanol–water partition coefficient (Wildman–Crippen LogP) is 3.13. The Bertz CT molecular complexity index is 571. The average molecular weight is 289 g/mol. The molecule has 0 aliphatic rings. The van der Waals surface area contributed by atoms with Gasteiger partial charge in [0.05, 0.1) is 12.1 Å². The van der Waals surface area contributed by atoms with Gasteiger partial charge < -0.3 is 9.30 Å². The summed E-state index contributed by atoms with van der Waals surface area (Å²) < 4.78 is 34.2. The topological polar surface area (TPSA) is 27.1 Å². The second-order valence-corrected chi connectivity index (χ2v) is 4.42. The number of hydrogen-bond acceptors (Lipinski definition) is 2. The number of benzene rings is 1. The standard InChI is InChI=1S/C13H15ClF2N2O/c1-2-19-8-7-18-11(5-6-14)17-10-4-3-9(15)12(16)13(10)18/h3-4H,2,5-8H2,1H3. The van der Waals surface area contributed by atoms with E-state index in [4.69, 9.17) is 16.3 Å². The van der Waals surface area contributed by atoms with E-state index in [1.54, 1.807) is 4.57 Å². The third-order valence-electron chi connectivity index (χ3n) is 2.86. The largest absolute Gasteiger partial charge is 0.380 e. The van der Waals surface area contributed by atoms with Crippen molar-refractivity contribution >= 4 is 22.6 Å². The number of rotatable bonds is 6. The molecule has 0 aliphatic carbocycles. The summed E-state index contributed by atoms with van der Waals surface area (Å²) in [6.45, 7) is 3.31. The Kier molecular flexibility index (Phi) is 4.71. The molecule has 0 unspecified atom stereocenters. The van der Waals surface area contributed by atoms with Crippen molar-refractivity contribution in [3.8, 4) is 0 Å². The van der Waals surface area contributed by atoms with Crippen molar-refractivity contribution in [1.29, 1.82) is 0 Å². The normalized spacial score (nSPS) is 11.4. The van der Waals surface area contributed by atoms with Gasteiger partial charge >= 0.3 is 0 Å². The molecule has 2 rings (SSSR count). The number of halogens is 3. The monoisotopic (exact) mass is 288 g/mol. The summed E-state index contributed by atoms with van der Waals surface area (Å²) in [5, 5.41) is 0. The summed E-state index contributed by atoms with van der Waals surface area (Å²) in [5.74, 6) is -0.721. The van der Waals surface area contributed by atoms with Crippen LogP contribution in [0.2, 0.25) is 0 Å². The maximum Gasteiger partial charge on any atom is 0.184 e. The van der Waals surface area contributed by atoms with E-state index in [9.17, 15) is 8.78 Å². The van der Waals surface area contributed by atoms with Crippen molar-refractivity contribution in [2.75, 3.05) is 19.1 Å². The second-order valence-electron chi connectivity index (χ2n) is 4.04. The summed E-state index contributed by atoms with van der Waals surface area (Å²) >= 11 is 5.72. The highest BCUT2D eigenvalue weighted by Gasteiger charge is 2.16. The van der Waals surface area contributed by atoms with Crippen LogP contribution in [0, 0.1) is 11.6 Å². The van der Waals surface area contributed by atoms with E-state index in [-0.39, 0.29) is 5.52 Å². The minimum atomic E-state index is -0.873. The van der Waals surface area contributed by atoms with Crippen molar-refractivity contribution in [3.05, 3.63) is 29.6 Å². The van der Waals surface area contributed by atoms with E-state index in [1.165, 1.54) is 6.07 Å². The van der Waals surface area contributed by atoms with E-state index in [1.807, 2.05) is 6.92 Å². The van der Waals surface area contributed by atoms with Crippen LogP contribution in [0.4, 0.5) is 8.78 Å². The maximum absolute atomic E-state index is 13.9. The van der Waals surface area contributed by atoms with Gasteiger partial charge in [-0.25, -0.2) is 13.8 Å². The number of aryl methyl sites for hydroxylation is 1. The Morgan fingerprint density at radius 3 is 2.84 bits per heavy atom. The van der Waals surface area contributed by atoms with Gasteiger partial charge in [-0.3, -0.25) is 0 Å². The Morgan fingerprint density at radius 1 is 1.37 bits per heavy atom. The highest BCUT2D eigenvalue weighted by molar-refractivity contribution is 6.17. The third-order valence-corrected chi connectivity index (χ3v) is 3.05. The van der Waals surface area contributed by atoms with Crippen molar-refractivity contribution in [2.24, 2.45) is 0 Å². The van der Waals surface area contributed by atoms with Gasteiger partial charge in [0.15, 0.2) is 11.6 Å². The lowest BCUT2D eigenvalue weighted by Crippen LogP contribution is -2.11. The summed E-state index contributed by atoms with van der Waals surface area (Å²) in [6.07, 6.45) is 0.503. The van der Waals surface area contributed by atoms with E-state index in [2.05, 4.69) is 4.98 Å². The molecule has 0 saturated heterocycles. The van der Waals surface area contributed by atoms with Gasteiger partial charge in [-0.2, -0.15) is 0 Å². The minimum absolute atomic E-state index is 0.180. The molecule has 0 saturated carbocycles. The molecule has 0 aliphatic heterocycles. The summed E-state index contributed by atoms with van der Waals surface area (Å²) in [4.78, 5) is 4.30. The summed E-state index contributed by atoms with van der Waals surface area (Å²) in [5.41, 5.74) is 0.621. The van der Waals surface area contributed by atoms with Crippen LogP contribution in [0.25, 0.3) is 11.0 Å². The van der Waals surface area contributed by atoms with Crippen LogP contribution in [0.1, 0.15) is 12.7 Å². The number of imidazole rings is 1. The lowest BCUT2D eigenvalue weighted by molar-refractivity contribution is 0.139. The molecule has 3 nitrogen and oxygen atoms in total. The Morgan fingerprint density at radius 2 is 2.16 bits per heavy atom. The van der Waals surface area contributed by atoms with E-state index in [0.29, 0.717) is 43.4 Å². The van der Waals surface area contributed by atoms with Gasteiger partial charge in [0.25, 0.3) is 0 Å². The maximum atomic E-state index is 13.9. The molecule has 2 aromatic rings. The van der Waals surface area contributed by atoms with Crippen LogP contribution in [0.3, 0.4) is 0 Å². The number of fused-ring (bicyclic) bond motifs is 1. The van der Waals surface area contributed by atoms with Gasteiger partial charge in [-0.1, -0.05) is 0 Å². The molecule has 0 spiro atoms. The first-order chi connectivity index (χ1) is 9.19. The molecule has 1 aromatic carbocycles. The van der Waals surface area contributed by atoms with Crippen molar-refractivity contribution in [1.82, 2.24) is 9.55 Å². The van der Waals surface area contributed by atoms with E-state index in [0.717, 1.165) is 6.07 Å². The van der Waals surface area contributed by atoms with Crippen LogP contribution in [0.15, 0.2) is 12.1 Å². The lowest BCUT2D eigenvalue weighted by Gasteiger charge is -2.09. The zero-order valence-electron chi connectivity index (χ0n) is 10.6. The molecule has 1 aromatic heterocycles. The van der Waals surface area contributed by atoms with Gasteiger partial charge in [0.1, 0.15) is 11.3 Å². The van der Waals surface area contributed by atoms with Gasteiger partial charge in [0, 0.05) is 25.5 Å². The zero-order valence-corrected chi connectivity index (χ0v) is 11.4. The molecule has 1 heterocycles. The number of alkyl halides is 1. The van der Waals surface area contributed by atoms with Crippen LogP contribution in [0.5, 0.6) is 0 Å². The van der Waals surface area contributed by atoms with E-state index >= 15 is 0 Å². The molecule has 19 heavy (non-hydrogen) atoms. The van der Waals surface area contributed by atoms with Crippen LogP contribution >= 0.6 is 11.6 Å². The fourth-order valence-corrected chi connectivity index (χ4v) is 2.19. The number of hydrogen-bond donors (Lipinski definition) is 0. The molecular weight excluding hydrogens is 274 g/mol. The third kappa shape index (κ3) is 2.87. The SMILES string of the molecule is CCOCCn1c(CCCl)nc2ccc(F)c(F)c21. The van der Waals surface area contributed by atoms with Gasteiger partial charge in [-0.15, -0.1) is 11.6 Å². The first-order valence-corrected chi connectivity index (χ1v) is 6.69. The summed E-state index contributed by atoms with van der Waals surface area (Å²) in [7, 11) is 0. The molecule has 0 fully saturated rings. The molecule has 0 radical (unpaired) electrons. The smallest absolute Gasteiger partial charge is 0.184 e. The van der Waals surface area contributed by atoms with Crippen LogP contribution in [-0.2, 0) is 17.7 Å². The van der Waals surface area contributed by atoms with Crippen molar-refractivity contribution in [2.45, 2.75) is 19.9 Å².